The number of methoxy groups -OCH3 is 1. The van der Waals surface area contributed by atoms with Gasteiger partial charge in [0.15, 0.2) is 5.78 Å². The molecule has 32 heavy (non-hydrogen) atoms. The fraction of sp³-hybridized carbons (Fsp3) is 0.480. The summed E-state index contributed by atoms with van der Waals surface area (Å²) in [4.78, 5) is 12.9. The van der Waals surface area contributed by atoms with Crippen molar-refractivity contribution in [3.05, 3.63) is 58.7 Å². The minimum absolute atomic E-state index is 0.0937. The molecule has 0 bridgehead atoms. The maximum absolute atomic E-state index is 12.9. The number of carbonyl (C=O) groups excluding carboxylic acids is 1. The molecule has 1 aliphatic rings. The van der Waals surface area contributed by atoms with Gasteiger partial charge in [-0.05, 0) is 56.9 Å². The highest BCUT2D eigenvalue weighted by Gasteiger charge is 2.22. The predicted molar refractivity (Wildman–Crippen MR) is 126 cm³/mol. The first-order valence-electron chi connectivity index (χ1n) is 11.3. The van der Waals surface area contributed by atoms with E-state index in [0.29, 0.717) is 16.9 Å². The molecule has 0 aliphatic heterocycles. The number of hydrogen-bond acceptors (Lipinski definition) is 6. The van der Waals surface area contributed by atoms with Crippen molar-refractivity contribution in [2.75, 3.05) is 12.9 Å². The van der Waals surface area contributed by atoms with Gasteiger partial charge in [-0.2, -0.15) is 0 Å². The highest BCUT2D eigenvalue weighted by molar-refractivity contribution is 7.99. The molecule has 3 aromatic rings. The molecule has 4 rings (SSSR count). The van der Waals surface area contributed by atoms with Crippen molar-refractivity contribution in [3.8, 4) is 5.75 Å². The van der Waals surface area contributed by atoms with Gasteiger partial charge in [-0.3, -0.25) is 4.79 Å². The highest BCUT2D eigenvalue weighted by Crippen LogP contribution is 2.33. The Kier molecular flexibility index (Phi) is 7.35. The van der Waals surface area contributed by atoms with Crippen LogP contribution in [0.1, 0.15) is 71.2 Å². The van der Waals surface area contributed by atoms with E-state index >= 15 is 0 Å². The van der Waals surface area contributed by atoms with E-state index in [1.165, 1.54) is 36.6 Å². The van der Waals surface area contributed by atoms with Gasteiger partial charge in [0.1, 0.15) is 5.75 Å². The SMILES string of the molecule is COc1ccc(CCn2c(C)cc(C(=O)CSc3nnc(C4CCCCC4)o3)c2C)cc1. The molecule has 0 amide bonds. The summed E-state index contributed by atoms with van der Waals surface area (Å²) in [5.74, 6) is 2.37. The van der Waals surface area contributed by atoms with Crippen LogP contribution < -0.4 is 4.74 Å². The Hall–Kier alpha value is -2.54. The van der Waals surface area contributed by atoms with Crippen molar-refractivity contribution in [2.24, 2.45) is 0 Å². The monoisotopic (exact) mass is 453 g/mol. The molecule has 0 unspecified atom stereocenters. The maximum Gasteiger partial charge on any atom is 0.277 e. The van der Waals surface area contributed by atoms with E-state index in [1.54, 1.807) is 7.11 Å². The Bertz CT molecular complexity index is 1050. The lowest BCUT2D eigenvalue weighted by Crippen LogP contribution is -2.08. The third-order valence-corrected chi connectivity index (χ3v) is 7.18. The van der Waals surface area contributed by atoms with Gasteiger partial charge < -0.3 is 13.7 Å². The zero-order valence-electron chi connectivity index (χ0n) is 19.1. The normalized spacial score (nSPS) is 14.6. The van der Waals surface area contributed by atoms with E-state index in [1.807, 2.05) is 25.1 Å². The van der Waals surface area contributed by atoms with Crippen LogP contribution in [-0.4, -0.2) is 33.4 Å². The van der Waals surface area contributed by atoms with Gasteiger partial charge in [-0.15, -0.1) is 10.2 Å². The molecule has 170 valence electrons. The second kappa shape index (κ2) is 10.4. The summed E-state index contributed by atoms with van der Waals surface area (Å²) in [5.41, 5.74) is 4.13. The first-order chi connectivity index (χ1) is 15.5. The molecule has 1 fully saturated rings. The van der Waals surface area contributed by atoms with E-state index in [0.717, 1.165) is 54.4 Å². The van der Waals surface area contributed by atoms with Crippen molar-refractivity contribution >= 4 is 17.5 Å². The third kappa shape index (κ3) is 5.26. The van der Waals surface area contributed by atoms with E-state index in [9.17, 15) is 4.79 Å². The Labute approximate surface area is 193 Å². The van der Waals surface area contributed by atoms with Gasteiger partial charge in [0.25, 0.3) is 5.22 Å². The second-order valence-electron chi connectivity index (χ2n) is 8.49. The Morgan fingerprint density at radius 1 is 1.16 bits per heavy atom. The first-order valence-corrected chi connectivity index (χ1v) is 12.3. The van der Waals surface area contributed by atoms with E-state index in [-0.39, 0.29) is 5.78 Å². The molecule has 2 aromatic heterocycles. The van der Waals surface area contributed by atoms with Crippen LogP contribution >= 0.6 is 11.8 Å². The fourth-order valence-corrected chi connectivity index (χ4v) is 5.11. The summed E-state index contributed by atoms with van der Waals surface area (Å²) in [6.45, 7) is 4.91. The molecule has 1 saturated carbocycles. The maximum atomic E-state index is 12.9. The van der Waals surface area contributed by atoms with Crippen molar-refractivity contribution < 1.29 is 13.9 Å². The van der Waals surface area contributed by atoms with Crippen LogP contribution in [0.2, 0.25) is 0 Å². The van der Waals surface area contributed by atoms with Crippen LogP contribution in [0, 0.1) is 13.8 Å². The van der Waals surface area contributed by atoms with E-state index in [4.69, 9.17) is 9.15 Å². The number of nitrogens with zero attached hydrogens (tertiary/aromatic N) is 3. The number of aryl methyl sites for hydroxylation is 2. The average molecular weight is 454 g/mol. The number of thioether (sulfide) groups is 1. The molecule has 0 spiro atoms. The second-order valence-corrected chi connectivity index (χ2v) is 9.41. The van der Waals surface area contributed by atoms with Gasteiger partial charge in [-0.1, -0.05) is 43.2 Å². The van der Waals surface area contributed by atoms with Gasteiger partial charge >= 0.3 is 0 Å². The first kappa shape index (κ1) is 22.6. The van der Waals surface area contributed by atoms with Gasteiger partial charge in [0.2, 0.25) is 5.89 Å². The quantitative estimate of drug-likeness (QED) is 0.303. The molecule has 0 saturated heterocycles. The summed E-state index contributed by atoms with van der Waals surface area (Å²) in [6.07, 6.45) is 6.87. The van der Waals surface area contributed by atoms with E-state index < -0.39 is 0 Å². The van der Waals surface area contributed by atoms with Crippen LogP contribution in [-0.2, 0) is 13.0 Å². The highest BCUT2D eigenvalue weighted by atomic mass is 32.2. The lowest BCUT2D eigenvalue weighted by atomic mass is 9.89. The van der Waals surface area contributed by atoms with Crippen molar-refractivity contribution in [2.45, 2.75) is 70.1 Å². The average Bonchev–Trinajstić information content (AvgIpc) is 3.41. The van der Waals surface area contributed by atoms with Crippen LogP contribution in [0.3, 0.4) is 0 Å². The van der Waals surface area contributed by atoms with Crippen LogP contribution in [0.4, 0.5) is 0 Å². The lowest BCUT2D eigenvalue weighted by molar-refractivity contribution is 0.102. The summed E-state index contributed by atoms with van der Waals surface area (Å²) in [5, 5.41) is 8.88. The Morgan fingerprint density at radius 2 is 1.91 bits per heavy atom. The smallest absolute Gasteiger partial charge is 0.277 e. The number of ether oxygens (including phenoxy) is 1. The van der Waals surface area contributed by atoms with Crippen LogP contribution in [0.15, 0.2) is 40.0 Å². The number of hydrogen-bond donors (Lipinski definition) is 0. The summed E-state index contributed by atoms with van der Waals surface area (Å²) in [7, 11) is 1.67. The minimum Gasteiger partial charge on any atom is -0.497 e. The number of ketones is 1. The van der Waals surface area contributed by atoms with E-state index in [2.05, 4.69) is 33.8 Å². The summed E-state index contributed by atoms with van der Waals surface area (Å²) < 4.78 is 13.3. The zero-order valence-corrected chi connectivity index (χ0v) is 19.9. The van der Waals surface area contributed by atoms with Crippen molar-refractivity contribution in [1.82, 2.24) is 14.8 Å². The molecule has 6 nitrogen and oxygen atoms in total. The Morgan fingerprint density at radius 3 is 2.62 bits per heavy atom. The lowest BCUT2D eigenvalue weighted by Gasteiger charge is -2.17. The third-order valence-electron chi connectivity index (χ3n) is 6.36. The number of Topliss-reactive ketones (excluding diaryl/α,β-unsaturated/α-hetero) is 1. The number of aromatic nitrogens is 3. The molecular formula is C25H31N3O3S. The number of rotatable bonds is 9. The fourth-order valence-electron chi connectivity index (χ4n) is 4.46. The standard InChI is InChI=1S/C25H31N3O3S/c1-17-15-22(18(2)28(17)14-13-19-9-11-21(30-3)12-10-19)23(29)16-32-25-27-26-24(31-25)20-7-5-4-6-8-20/h9-12,15,20H,4-8,13-14,16H2,1-3H3. The van der Waals surface area contributed by atoms with Gasteiger partial charge in [0, 0.05) is 29.4 Å². The van der Waals surface area contributed by atoms with Gasteiger partial charge in [0.05, 0.1) is 12.9 Å². The molecule has 0 radical (unpaired) electrons. The molecule has 1 aromatic carbocycles. The summed E-state index contributed by atoms with van der Waals surface area (Å²) in [6, 6.07) is 10.1. The number of carbonyl (C=O) groups is 1. The van der Waals surface area contributed by atoms with Crippen molar-refractivity contribution in [1.29, 1.82) is 0 Å². The molecule has 0 atom stereocenters. The predicted octanol–water partition coefficient (Wildman–Crippen LogP) is 5.76. The van der Waals surface area contributed by atoms with Crippen LogP contribution in [0.25, 0.3) is 0 Å². The summed E-state index contributed by atoms with van der Waals surface area (Å²) >= 11 is 1.33. The molecule has 1 aliphatic carbocycles. The zero-order chi connectivity index (χ0) is 22.5. The topological polar surface area (TPSA) is 70.2 Å². The molecule has 7 heteroatoms. The molecular weight excluding hydrogens is 422 g/mol. The van der Waals surface area contributed by atoms with Crippen LogP contribution in [0.5, 0.6) is 5.75 Å². The largest absolute Gasteiger partial charge is 0.497 e. The number of benzene rings is 1. The Balaban J connectivity index is 1.35. The molecule has 0 N–H and O–H groups in total. The van der Waals surface area contributed by atoms with Crippen molar-refractivity contribution in [3.63, 3.8) is 0 Å². The molecule has 2 heterocycles. The van der Waals surface area contributed by atoms with Gasteiger partial charge in [-0.25, -0.2) is 0 Å². The minimum atomic E-state index is 0.0937.